The van der Waals surface area contributed by atoms with Crippen molar-refractivity contribution >= 4 is 15.9 Å². The van der Waals surface area contributed by atoms with Gasteiger partial charge in [-0.3, -0.25) is 0 Å². The maximum atomic E-state index is 5.90. The van der Waals surface area contributed by atoms with Crippen LogP contribution in [0.25, 0.3) is 0 Å². The second-order valence-corrected chi connectivity index (χ2v) is 7.67. The van der Waals surface area contributed by atoms with Gasteiger partial charge in [0.1, 0.15) is 0 Å². The van der Waals surface area contributed by atoms with Gasteiger partial charge in [0.15, 0.2) is 11.5 Å². The van der Waals surface area contributed by atoms with Gasteiger partial charge < -0.3 is 14.8 Å². The average Bonchev–Trinajstić information content (AvgIpc) is 2.62. The molecule has 0 saturated carbocycles. The first-order valence-electron chi connectivity index (χ1n) is 9.38. The fourth-order valence-electron chi connectivity index (χ4n) is 2.76. The Labute approximate surface area is 166 Å². The van der Waals surface area contributed by atoms with E-state index in [4.69, 9.17) is 9.47 Å². The van der Waals surface area contributed by atoms with Crippen molar-refractivity contribution in [3.8, 4) is 11.5 Å². The quantitative estimate of drug-likeness (QED) is 0.531. The Balaban J connectivity index is 1.95. The van der Waals surface area contributed by atoms with Crippen molar-refractivity contribution in [1.29, 1.82) is 0 Å². The molecule has 1 N–H and O–H groups in total. The minimum Gasteiger partial charge on any atom is -0.490 e. The van der Waals surface area contributed by atoms with E-state index >= 15 is 0 Å². The van der Waals surface area contributed by atoms with Gasteiger partial charge in [0.25, 0.3) is 0 Å². The highest BCUT2D eigenvalue weighted by atomic mass is 79.9. The predicted molar refractivity (Wildman–Crippen MR) is 112 cm³/mol. The molecule has 2 aromatic rings. The standard InChI is InChI=1S/C22H30BrNO2/c1-5-25-21-14-19(13-20(23)22(21)26-16(2)3)15-24-17(4)11-12-18-9-7-6-8-10-18/h6-10,13-14,16-17,24H,5,11-12,15H2,1-4H3. The van der Waals surface area contributed by atoms with Crippen LogP contribution in [0.5, 0.6) is 11.5 Å². The van der Waals surface area contributed by atoms with Crippen molar-refractivity contribution < 1.29 is 9.47 Å². The Hall–Kier alpha value is -1.52. The molecular weight excluding hydrogens is 390 g/mol. The van der Waals surface area contributed by atoms with E-state index in [2.05, 4.69) is 70.6 Å². The number of ether oxygens (including phenoxy) is 2. The monoisotopic (exact) mass is 419 g/mol. The highest BCUT2D eigenvalue weighted by Crippen LogP contribution is 2.37. The number of aryl methyl sites for hydroxylation is 1. The lowest BCUT2D eigenvalue weighted by Gasteiger charge is -2.19. The summed E-state index contributed by atoms with van der Waals surface area (Å²) >= 11 is 3.63. The SMILES string of the molecule is CCOc1cc(CNC(C)CCc2ccccc2)cc(Br)c1OC(C)C. The Morgan fingerprint density at radius 3 is 2.42 bits per heavy atom. The molecule has 26 heavy (non-hydrogen) atoms. The van der Waals surface area contributed by atoms with Crippen molar-refractivity contribution in [2.45, 2.75) is 59.2 Å². The smallest absolute Gasteiger partial charge is 0.175 e. The van der Waals surface area contributed by atoms with Crippen LogP contribution in [0, 0.1) is 0 Å². The second kappa shape index (κ2) is 10.6. The Kier molecular flexibility index (Phi) is 8.46. The topological polar surface area (TPSA) is 30.5 Å². The average molecular weight is 420 g/mol. The van der Waals surface area contributed by atoms with Gasteiger partial charge in [-0.1, -0.05) is 30.3 Å². The fraction of sp³-hybridized carbons (Fsp3) is 0.455. The first kappa shape index (κ1) is 20.8. The summed E-state index contributed by atoms with van der Waals surface area (Å²) in [5, 5.41) is 3.61. The van der Waals surface area contributed by atoms with Crippen molar-refractivity contribution in [1.82, 2.24) is 5.32 Å². The van der Waals surface area contributed by atoms with E-state index < -0.39 is 0 Å². The highest BCUT2D eigenvalue weighted by molar-refractivity contribution is 9.10. The summed E-state index contributed by atoms with van der Waals surface area (Å²) in [5.41, 5.74) is 2.57. The van der Waals surface area contributed by atoms with Crippen LogP contribution in [0.2, 0.25) is 0 Å². The molecule has 0 aliphatic heterocycles. The molecule has 0 saturated heterocycles. The van der Waals surface area contributed by atoms with Crippen LogP contribution in [0.1, 0.15) is 45.2 Å². The molecule has 0 amide bonds. The zero-order chi connectivity index (χ0) is 18.9. The highest BCUT2D eigenvalue weighted by Gasteiger charge is 2.14. The molecule has 142 valence electrons. The van der Waals surface area contributed by atoms with Crippen molar-refractivity contribution in [3.05, 3.63) is 58.1 Å². The predicted octanol–water partition coefficient (Wildman–Crippen LogP) is 5.75. The van der Waals surface area contributed by atoms with Gasteiger partial charge >= 0.3 is 0 Å². The van der Waals surface area contributed by atoms with E-state index in [1.165, 1.54) is 11.1 Å². The molecule has 0 radical (unpaired) electrons. The molecular formula is C22H30BrNO2. The molecule has 0 bridgehead atoms. The summed E-state index contributed by atoms with van der Waals surface area (Å²) in [6.07, 6.45) is 2.30. The number of halogens is 1. The van der Waals surface area contributed by atoms with E-state index in [-0.39, 0.29) is 6.10 Å². The maximum absolute atomic E-state index is 5.90. The van der Waals surface area contributed by atoms with Gasteiger partial charge in [-0.2, -0.15) is 0 Å². The fourth-order valence-corrected chi connectivity index (χ4v) is 3.34. The molecule has 0 aromatic heterocycles. The molecule has 1 unspecified atom stereocenters. The third-order valence-corrected chi connectivity index (χ3v) is 4.68. The van der Waals surface area contributed by atoms with Crippen LogP contribution in [0.4, 0.5) is 0 Å². The van der Waals surface area contributed by atoms with Gasteiger partial charge in [-0.25, -0.2) is 0 Å². The Morgan fingerprint density at radius 2 is 1.77 bits per heavy atom. The van der Waals surface area contributed by atoms with Crippen LogP contribution in [0.3, 0.4) is 0 Å². The minimum absolute atomic E-state index is 0.104. The number of hydrogen-bond acceptors (Lipinski definition) is 3. The number of hydrogen-bond donors (Lipinski definition) is 1. The Bertz CT molecular complexity index is 673. The van der Waals surface area contributed by atoms with Crippen molar-refractivity contribution in [2.24, 2.45) is 0 Å². The summed E-state index contributed by atoms with van der Waals surface area (Å²) in [6, 6.07) is 15.3. The third-order valence-electron chi connectivity index (χ3n) is 4.09. The zero-order valence-electron chi connectivity index (χ0n) is 16.2. The molecule has 2 aromatic carbocycles. The number of nitrogens with one attached hydrogen (secondary N) is 1. The lowest BCUT2D eigenvalue weighted by Crippen LogP contribution is -2.26. The van der Waals surface area contributed by atoms with E-state index in [9.17, 15) is 0 Å². The zero-order valence-corrected chi connectivity index (χ0v) is 17.8. The van der Waals surface area contributed by atoms with Gasteiger partial charge in [-0.05, 0) is 79.7 Å². The van der Waals surface area contributed by atoms with Crippen LogP contribution in [0.15, 0.2) is 46.9 Å². The van der Waals surface area contributed by atoms with Crippen LogP contribution < -0.4 is 14.8 Å². The molecule has 0 fully saturated rings. The van der Waals surface area contributed by atoms with E-state index in [0.29, 0.717) is 12.6 Å². The number of rotatable bonds is 10. The van der Waals surface area contributed by atoms with Gasteiger partial charge in [0.2, 0.25) is 0 Å². The first-order valence-corrected chi connectivity index (χ1v) is 10.2. The van der Waals surface area contributed by atoms with Gasteiger partial charge in [0, 0.05) is 12.6 Å². The van der Waals surface area contributed by atoms with E-state index in [0.717, 1.165) is 35.4 Å². The number of benzene rings is 2. The van der Waals surface area contributed by atoms with Crippen LogP contribution in [-0.2, 0) is 13.0 Å². The lowest BCUT2D eigenvalue weighted by molar-refractivity contribution is 0.222. The normalized spacial score (nSPS) is 12.2. The molecule has 2 rings (SSSR count). The van der Waals surface area contributed by atoms with Gasteiger partial charge in [0.05, 0.1) is 17.2 Å². The first-order chi connectivity index (χ1) is 12.5. The molecule has 0 aliphatic rings. The summed E-state index contributed by atoms with van der Waals surface area (Å²) in [5.74, 6) is 1.58. The summed E-state index contributed by atoms with van der Waals surface area (Å²) < 4.78 is 12.6. The molecule has 4 heteroatoms. The largest absolute Gasteiger partial charge is 0.490 e. The molecule has 0 heterocycles. The lowest BCUT2D eigenvalue weighted by atomic mass is 10.1. The maximum Gasteiger partial charge on any atom is 0.175 e. The summed E-state index contributed by atoms with van der Waals surface area (Å²) in [6.45, 7) is 9.68. The second-order valence-electron chi connectivity index (χ2n) is 6.81. The molecule has 3 nitrogen and oxygen atoms in total. The van der Waals surface area contributed by atoms with Gasteiger partial charge in [-0.15, -0.1) is 0 Å². The van der Waals surface area contributed by atoms with E-state index in [1.54, 1.807) is 0 Å². The third kappa shape index (κ3) is 6.65. The molecule has 0 spiro atoms. The molecule has 1 atom stereocenters. The van der Waals surface area contributed by atoms with E-state index in [1.807, 2.05) is 20.8 Å². The van der Waals surface area contributed by atoms with Crippen molar-refractivity contribution in [2.75, 3.05) is 6.61 Å². The summed E-state index contributed by atoms with van der Waals surface area (Å²) in [7, 11) is 0. The Morgan fingerprint density at radius 1 is 1.04 bits per heavy atom. The van der Waals surface area contributed by atoms with Crippen molar-refractivity contribution in [3.63, 3.8) is 0 Å². The molecule has 0 aliphatic carbocycles. The van der Waals surface area contributed by atoms with Crippen LogP contribution >= 0.6 is 15.9 Å². The van der Waals surface area contributed by atoms with Crippen LogP contribution in [-0.4, -0.2) is 18.8 Å². The summed E-state index contributed by atoms with van der Waals surface area (Å²) in [4.78, 5) is 0. The minimum atomic E-state index is 0.104.